The second-order valence-electron chi connectivity index (χ2n) is 5.91. The van der Waals surface area contributed by atoms with Crippen LogP contribution in [0.25, 0.3) is 17.4 Å². The molecule has 0 saturated heterocycles. The van der Waals surface area contributed by atoms with Gasteiger partial charge in [-0.25, -0.2) is 4.98 Å². The lowest BCUT2D eigenvalue weighted by atomic mass is 10.1. The SMILES string of the molecule is CC(NC(=O)/C=C/c1ccccc1)C(=O)Nc1cccc(-c2cnco2)c1. The maximum Gasteiger partial charge on any atom is 0.246 e. The Labute approximate surface area is 156 Å². The van der Waals surface area contributed by atoms with Crippen molar-refractivity contribution in [3.8, 4) is 11.3 Å². The molecule has 0 saturated carbocycles. The van der Waals surface area contributed by atoms with Crippen LogP contribution in [0.15, 0.2) is 77.7 Å². The summed E-state index contributed by atoms with van der Waals surface area (Å²) in [5, 5.41) is 5.43. The van der Waals surface area contributed by atoms with Crippen LogP contribution in [0.4, 0.5) is 5.69 Å². The van der Waals surface area contributed by atoms with Gasteiger partial charge in [-0.1, -0.05) is 42.5 Å². The fourth-order valence-electron chi connectivity index (χ4n) is 2.42. The van der Waals surface area contributed by atoms with Gasteiger partial charge in [0.1, 0.15) is 6.04 Å². The summed E-state index contributed by atoms with van der Waals surface area (Å²) in [4.78, 5) is 28.2. The number of carbonyl (C=O) groups is 2. The third kappa shape index (κ3) is 5.15. The highest BCUT2D eigenvalue weighted by Gasteiger charge is 2.15. The summed E-state index contributed by atoms with van der Waals surface area (Å²) < 4.78 is 5.25. The quantitative estimate of drug-likeness (QED) is 0.658. The van der Waals surface area contributed by atoms with Crippen molar-refractivity contribution in [1.29, 1.82) is 0 Å². The molecule has 0 spiro atoms. The number of hydrogen-bond acceptors (Lipinski definition) is 4. The van der Waals surface area contributed by atoms with Crippen molar-refractivity contribution in [2.24, 2.45) is 0 Å². The Morgan fingerprint density at radius 2 is 1.93 bits per heavy atom. The minimum Gasteiger partial charge on any atom is -0.444 e. The predicted molar refractivity (Wildman–Crippen MR) is 104 cm³/mol. The van der Waals surface area contributed by atoms with Crippen LogP contribution in [0, 0.1) is 0 Å². The van der Waals surface area contributed by atoms with Gasteiger partial charge in [-0.05, 0) is 30.7 Å². The molecular formula is C21H19N3O3. The Kier molecular flexibility index (Phi) is 5.79. The average molecular weight is 361 g/mol. The van der Waals surface area contributed by atoms with Gasteiger partial charge in [0.15, 0.2) is 12.2 Å². The van der Waals surface area contributed by atoms with Gasteiger partial charge in [-0.15, -0.1) is 0 Å². The molecule has 0 bridgehead atoms. The molecule has 1 aromatic heterocycles. The van der Waals surface area contributed by atoms with Crippen LogP contribution in [0.1, 0.15) is 12.5 Å². The number of rotatable bonds is 6. The highest BCUT2D eigenvalue weighted by atomic mass is 16.3. The van der Waals surface area contributed by atoms with Crippen LogP contribution in [0.2, 0.25) is 0 Å². The first-order chi connectivity index (χ1) is 13.1. The molecular weight excluding hydrogens is 342 g/mol. The molecule has 6 heteroatoms. The van der Waals surface area contributed by atoms with Crippen molar-refractivity contribution in [3.05, 3.63) is 78.8 Å². The summed E-state index contributed by atoms with van der Waals surface area (Å²) in [6, 6.07) is 16.0. The van der Waals surface area contributed by atoms with Crippen LogP contribution in [-0.2, 0) is 9.59 Å². The molecule has 1 unspecified atom stereocenters. The first-order valence-electron chi connectivity index (χ1n) is 8.45. The smallest absolute Gasteiger partial charge is 0.246 e. The number of benzene rings is 2. The summed E-state index contributed by atoms with van der Waals surface area (Å²) in [5.41, 5.74) is 2.32. The molecule has 2 aromatic carbocycles. The van der Waals surface area contributed by atoms with Crippen molar-refractivity contribution < 1.29 is 14.0 Å². The zero-order chi connectivity index (χ0) is 19.1. The summed E-state index contributed by atoms with van der Waals surface area (Å²) in [7, 11) is 0. The zero-order valence-corrected chi connectivity index (χ0v) is 14.8. The topological polar surface area (TPSA) is 84.2 Å². The lowest BCUT2D eigenvalue weighted by Crippen LogP contribution is -2.40. The number of amides is 2. The molecule has 0 aliphatic heterocycles. The molecule has 0 fully saturated rings. The number of nitrogens with one attached hydrogen (secondary N) is 2. The third-order valence-corrected chi connectivity index (χ3v) is 3.83. The van der Waals surface area contributed by atoms with Crippen molar-refractivity contribution in [2.45, 2.75) is 13.0 Å². The van der Waals surface area contributed by atoms with Crippen LogP contribution < -0.4 is 10.6 Å². The Morgan fingerprint density at radius 1 is 1.11 bits per heavy atom. The fourth-order valence-corrected chi connectivity index (χ4v) is 2.42. The van der Waals surface area contributed by atoms with E-state index in [0.717, 1.165) is 11.1 Å². The van der Waals surface area contributed by atoms with E-state index in [0.29, 0.717) is 11.4 Å². The van der Waals surface area contributed by atoms with Gasteiger partial charge in [0.05, 0.1) is 6.20 Å². The van der Waals surface area contributed by atoms with Crippen LogP contribution in [0.3, 0.4) is 0 Å². The minimum atomic E-state index is -0.688. The minimum absolute atomic E-state index is 0.314. The van der Waals surface area contributed by atoms with Gasteiger partial charge >= 0.3 is 0 Å². The molecule has 27 heavy (non-hydrogen) atoms. The van der Waals surface area contributed by atoms with E-state index in [2.05, 4.69) is 15.6 Å². The average Bonchev–Trinajstić information content (AvgIpc) is 3.22. The molecule has 1 atom stereocenters. The maximum atomic E-state index is 12.3. The van der Waals surface area contributed by atoms with Crippen LogP contribution >= 0.6 is 0 Å². The van der Waals surface area contributed by atoms with E-state index in [-0.39, 0.29) is 11.8 Å². The monoisotopic (exact) mass is 361 g/mol. The van der Waals surface area contributed by atoms with E-state index < -0.39 is 6.04 Å². The number of carbonyl (C=O) groups excluding carboxylic acids is 2. The zero-order valence-electron chi connectivity index (χ0n) is 14.8. The Bertz CT molecular complexity index is 934. The third-order valence-electron chi connectivity index (χ3n) is 3.83. The van der Waals surface area contributed by atoms with E-state index in [9.17, 15) is 9.59 Å². The van der Waals surface area contributed by atoms with Crippen LogP contribution in [0.5, 0.6) is 0 Å². The summed E-state index contributed by atoms with van der Waals surface area (Å²) in [5.74, 6) is -0.0402. The number of oxazole rings is 1. The standard InChI is InChI=1S/C21H19N3O3/c1-15(23-20(25)11-10-16-6-3-2-4-7-16)21(26)24-18-9-5-8-17(12-18)19-13-22-14-27-19/h2-15H,1H3,(H,23,25)(H,24,26)/b11-10+. The lowest BCUT2D eigenvalue weighted by molar-refractivity contribution is -0.123. The van der Waals surface area contributed by atoms with Gasteiger partial charge in [-0.3, -0.25) is 9.59 Å². The van der Waals surface area contributed by atoms with Crippen molar-refractivity contribution in [2.75, 3.05) is 5.32 Å². The van der Waals surface area contributed by atoms with Crippen molar-refractivity contribution in [3.63, 3.8) is 0 Å². The van der Waals surface area contributed by atoms with Gasteiger partial charge < -0.3 is 15.1 Å². The summed E-state index contributed by atoms with van der Waals surface area (Å²) in [6.07, 6.45) is 6.05. The molecule has 1 heterocycles. The molecule has 3 rings (SSSR count). The Morgan fingerprint density at radius 3 is 2.67 bits per heavy atom. The van der Waals surface area contributed by atoms with Crippen LogP contribution in [-0.4, -0.2) is 22.8 Å². The Balaban J connectivity index is 1.57. The van der Waals surface area contributed by atoms with E-state index in [4.69, 9.17) is 4.42 Å². The number of anilines is 1. The van der Waals surface area contributed by atoms with Gasteiger partial charge in [-0.2, -0.15) is 0 Å². The fraction of sp³-hybridized carbons (Fsp3) is 0.0952. The molecule has 2 N–H and O–H groups in total. The summed E-state index contributed by atoms with van der Waals surface area (Å²) in [6.45, 7) is 1.63. The highest BCUT2D eigenvalue weighted by Crippen LogP contribution is 2.22. The van der Waals surface area contributed by atoms with Gasteiger partial charge in [0.2, 0.25) is 11.8 Å². The largest absolute Gasteiger partial charge is 0.444 e. The maximum absolute atomic E-state index is 12.3. The molecule has 3 aromatic rings. The van der Waals surface area contributed by atoms with E-state index in [1.54, 1.807) is 37.4 Å². The van der Waals surface area contributed by atoms with Crippen molar-refractivity contribution in [1.82, 2.24) is 10.3 Å². The molecule has 6 nitrogen and oxygen atoms in total. The Hall–Kier alpha value is -3.67. The van der Waals surface area contributed by atoms with E-state index >= 15 is 0 Å². The van der Waals surface area contributed by atoms with E-state index in [1.807, 2.05) is 36.4 Å². The second kappa shape index (κ2) is 8.62. The molecule has 0 radical (unpaired) electrons. The lowest BCUT2D eigenvalue weighted by Gasteiger charge is -2.13. The summed E-state index contributed by atoms with van der Waals surface area (Å²) >= 11 is 0. The van der Waals surface area contributed by atoms with Crippen molar-refractivity contribution >= 4 is 23.6 Å². The normalized spacial score (nSPS) is 11.9. The predicted octanol–water partition coefficient (Wildman–Crippen LogP) is 3.50. The van der Waals surface area contributed by atoms with E-state index in [1.165, 1.54) is 12.5 Å². The number of hydrogen-bond donors (Lipinski definition) is 2. The molecule has 0 aliphatic carbocycles. The first kappa shape index (κ1) is 18.1. The number of nitrogens with zero attached hydrogens (tertiary/aromatic N) is 1. The highest BCUT2D eigenvalue weighted by molar-refractivity contribution is 6.00. The molecule has 0 aliphatic rings. The number of aromatic nitrogens is 1. The molecule has 2 amide bonds. The second-order valence-corrected chi connectivity index (χ2v) is 5.91. The first-order valence-corrected chi connectivity index (χ1v) is 8.45. The van der Waals surface area contributed by atoms with Gasteiger partial charge in [0.25, 0.3) is 0 Å². The van der Waals surface area contributed by atoms with Gasteiger partial charge in [0, 0.05) is 17.3 Å². The molecule has 136 valence electrons.